The molecule has 2 aromatic carbocycles. The monoisotopic (exact) mass is 197 g/mol. The zero-order valence-corrected chi connectivity index (χ0v) is 10.6. The Morgan fingerprint density at radius 1 is 0.923 bits per heavy atom. The summed E-state index contributed by atoms with van der Waals surface area (Å²) in [5.41, 5.74) is 3.82. The Morgan fingerprint density at radius 2 is 1.62 bits per heavy atom. The summed E-state index contributed by atoms with van der Waals surface area (Å²) in [5.74, 6) is 0. The van der Waals surface area contributed by atoms with Gasteiger partial charge in [-0.2, -0.15) is 0 Å². The van der Waals surface area contributed by atoms with Gasteiger partial charge in [0.2, 0.25) is 0 Å². The second-order valence-corrected chi connectivity index (χ2v) is 2.60. The van der Waals surface area contributed by atoms with Crippen LogP contribution < -0.4 is 51.4 Å². The smallest absolute Gasteiger partial charge is 0.565 e. The summed E-state index contributed by atoms with van der Waals surface area (Å²) in [4.78, 5) is 0. The van der Waals surface area contributed by atoms with E-state index in [1.807, 2.05) is 36.4 Å². The van der Waals surface area contributed by atoms with E-state index in [0.717, 1.165) is 10.8 Å². The number of fused-ring (bicyclic) bond motifs is 1. The zero-order chi connectivity index (χ0) is 8.39. The van der Waals surface area contributed by atoms with Crippen molar-refractivity contribution in [3.63, 3.8) is 0 Å². The van der Waals surface area contributed by atoms with Gasteiger partial charge in [0.15, 0.2) is 0 Å². The van der Waals surface area contributed by atoms with Gasteiger partial charge in [-0.05, 0) is 10.8 Å². The minimum atomic E-state index is 0. The first-order valence-electron chi connectivity index (χ1n) is 3.74. The molecule has 0 aromatic heterocycles. The summed E-state index contributed by atoms with van der Waals surface area (Å²) in [6.07, 6.45) is 0. The van der Waals surface area contributed by atoms with Crippen LogP contribution in [0.4, 0.5) is 5.69 Å². The van der Waals surface area contributed by atoms with E-state index in [9.17, 15) is 0 Å². The van der Waals surface area contributed by atoms with Crippen molar-refractivity contribution in [1.82, 2.24) is 0 Å². The molecule has 2 aromatic rings. The van der Waals surface area contributed by atoms with Gasteiger partial charge >= 0.3 is 51.4 Å². The first-order valence-corrected chi connectivity index (χ1v) is 3.74. The molecule has 0 radical (unpaired) electrons. The van der Waals surface area contributed by atoms with Gasteiger partial charge in [-0.1, -0.05) is 42.5 Å². The number of rotatable bonds is 1. The van der Waals surface area contributed by atoms with Crippen LogP contribution in [-0.2, 0) is 0 Å². The van der Waals surface area contributed by atoms with Crippen molar-refractivity contribution < 1.29 is 56.6 Å². The van der Waals surface area contributed by atoms with E-state index in [1.165, 1.54) is 0 Å². The molecule has 13 heavy (non-hydrogen) atoms. The van der Waals surface area contributed by atoms with Crippen molar-refractivity contribution in [2.45, 2.75) is 0 Å². The SMILES string of the molecule is O[N-]c1cccc2ccccc12.[K+]. The van der Waals surface area contributed by atoms with Crippen LogP contribution in [0.25, 0.3) is 16.3 Å². The summed E-state index contributed by atoms with van der Waals surface area (Å²) in [6.45, 7) is 0. The van der Waals surface area contributed by atoms with Crippen LogP contribution in [0.3, 0.4) is 0 Å². The minimum Gasteiger partial charge on any atom is -0.565 e. The molecule has 2 rings (SSSR count). The van der Waals surface area contributed by atoms with E-state index in [0.29, 0.717) is 5.69 Å². The molecular formula is C10H8KNO. The molecule has 0 unspecified atom stereocenters. The van der Waals surface area contributed by atoms with Crippen molar-refractivity contribution in [3.05, 3.63) is 47.9 Å². The second kappa shape index (κ2) is 5.10. The molecule has 0 aliphatic carbocycles. The Labute approximate surface area is 119 Å². The summed E-state index contributed by atoms with van der Waals surface area (Å²) >= 11 is 0. The molecule has 0 aliphatic rings. The summed E-state index contributed by atoms with van der Waals surface area (Å²) in [5, 5.41) is 10.7. The van der Waals surface area contributed by atoms with Gasteiger partial charge in [0, 0.05) is 0 Å². The van der Waals surface area contributed by atoms with Crippen LogP contribution in [0.2, 0.25) is 0 Å². The van der Waals surface area contributed by atoms with Crippen LogP contribution in [0.1, 0.15) is 0 Å². The van der Waals surface area contributed by atoms with Gasteiger partial charge in [-0.25, -0.2) is 0 Å². The Morgan fingerprint density at radius 3 is 2.38 bits per heavy atom. The molecule has 0 saturated carbocycles. The van der Waals surface area contributed by atoms with Crippen molar-refractivity contribution in [2.75, 3.05) is 0 Å². The van der Waals surface area contributed by atoms with E-state index < -0.39 is 0 Å². The predicted octanol–water partition coefficient (Wildman–Crippen LogP) is 0.238. The number of nitrogens with zero attached hydrogens (tertiary/aromatic N) is 1. The maximum absolute atomic E-state index is 8.66. The van der Waals surface area contributed by atoms with Crippen molar-refractivity contribution in [1.29, 1.82) is 0 Å². The molecule has 0 spiro atoms. The minimum absolute atomic E-state index is 0. The third kappa shape index (κ3) is 2.31. The normalized spacial score (nSPS) is 9.31. The topological polar surface area (TPSA) is 34.3 Å². The predicted molar refractivity (Wildman–Crippen MR) is 48.8 cm³/mol. The van der Waals surface area contributed by atoms with Crippen LogP contribution in [0, 0.1) is 0 Å². The van der Waals surface area contributed by atoms with Crippen molar-refractivity contribution >= 4 is 16.5 Å². The Kier molecular flexibility index (Phi) is 4.38. The van der Waals surface area contributed by atoms with Gasteiger partial charge in [0.1, 0.15) is 0 Å². The molecule has 2 nitrogen and oxygen atoms in total. The van der Waals surface area contributed by atoms with Crippen molar-refractivity contribution in [3.8, 4) is 0 Å². The van der Waals surface area contributed by atoms with E-state index in [4.69, 9.17) is 5.21 Å². The summed E-state index contributed by atoms with van der Waals surface area (Å²) in [6, 6.07) is 13.5. The number of hydrogen-bond donors (Lipinski definition) is 1. The summed E-state index contributed by atoms with van der Waals surface area (Å²) < 4.78 is 0. The molecule has 0 bridgehead atoms. The number of hydrogen-bond acceptors (Lipinski definition) is 1. The molecule has 0 heterocycles. The molecule has 0 amide bonds. The van der Waals surface area contributed by atoms with Gasteiger partial charge in [-0.15, -0.1) is 5.69 Å². The van der Waals surface area contributed by atoms with Gasteiger partial charge in [-0.3, -0.25) is 0 Å². The van der Waals surface area contributed by atoms with E-state index in [-0.39, 0.29) is 51.4 Å². The van der Waals surface area contributed by atoms with Crippen LogP contribution in [-0.4, -0.2) is 5.21 Å². The fourth-order valence-electron chi connectivity index (χ4n) is 1.30. The first-order chi connectivity index (χ1) is 5.92. The Bertz CT molecular complexity index is 398. The second-order valence-electron chi connectivity index (χ2n) is 2.60. The quantitative estimate of drug-likeness (QED) is 0.515. The molecule has 0 atom stereocenters. The first kappa shape index (κ1) is 11.2. The third-order valence-electron chi connectivity index (χ3n) is 1.87. The van der Waals surface area contributed by atoms with E-state index in [1.54, 1.807) is 6.07 Å². The van der Waals surface area contributed by atoms with Crippen LogP contribution in [0.15, 0.2) is 42.5 Å². The summed E-state index contributed by atoms with van der Waals surface area (Å²) in [7, 11) is 0. The maximum atomic E-state index is 8.66. The van der Waals surface area contributed by atoms with Gasteiger partial charge in [0.25, 0.3) is 0 Å². The fraction of sp³-hybridized carbons (Fsp3) is 0. The van der Waals surface area contributed by atoms with E-state index >= 15 is 0 Å². The van der Waals surface area contributed by atoms with Gasteiger partial charge < -0.3 is 10.7 Å². The fourth-order valence-corrected chi connectivity index (χ4v) is 1.30. The molecule has 0 fully saturated rings. The molecule has 0 aliphatic heterocycles. The Balaban J connectivity index is 0.000000845. The third-order valence-corrected chi connectivity index (χ3v) is 1.87. The average molecular weight is 197 g/mol. The molecule has 0 saturated heterocycles. The molecule has 60 valence electrons. The van der Waals surface area contributed by atoms with Crippen molar-refractivity contribution in [2.24, 2.45) is 0 Å². The zero-order valence-electron chi connectivity index (χ0n) is 7.44. The standard InChI is InChI=1S/C10H8NO.K/c12-11-10-7-3-5-8-4-1-2-6-9(8)10;/h1-7,12H;/q-1;+1. The molecule has 1 N–H and O–H groups in total. The Hall–Kier alpha value is 0.0964. The molecule has 3 heteroatoms. The number of benzene rings is 2. The van der Waals surface area contributed by atoms with Crippen LogP contribution in [0.5, 0.6) is 0 Å². The molecular weight excluding hydrogens is 189 g/mol. The maximum Gasteiger partial charge on any atom is 1.00 e. The largest absolute Gasteiger partial charge is 1.00 e. The van der Waals surface area contributed by atoms with Crippen LogP contribution >= 0.6 is 0 Å². The van der Waals surface area contributed by atoms with E-state index in [2.05, 4.69) is 5.48 Å². The average Bonchev–Trinajstić information content (AvgIpc) is 2.17. The van der Waals surface area contributed by atoms with Gasteiger partial charge in [0.05, 0.1) is 0 Å².